The van der Waals surface area contributed by atoms with E-state index >= 15 is 0 Å². The van der Waals surface area contributed by atoms with Crippen LogP contribution in [-0.2, 0) is 0 Å². The van der Waals surface area contributed by atoms with Crippen LogP contribution in [0.1, 0.15) is 15.5 Å². The molecule has 0 unspecified atom stereocenters. The number of hydrazine groups is 1. The van der Waals surface area contributed by atoms with Gasteiger partial charge in [0.2, 0.25) is 0 Å². The lowest BCUT2D eigenvalue weighted by molar-refractivity contribution is 0.0950. The number of nitrogens with two attached hydrogens (primary N) is 1. The number of amides is 1. The number of benzene rings is 1. The summed E-state index contributed by atoms with van der Waals surface area (Å²) in [4.78, 5) is 16.3. The fourth-order valence-corrected chi connectivity index (χ4v) is 2.37. The van der Waals surface area contributed by atoms with Gasteiger partial charge in [-0.15, -0.1) is 11.3 Å². The van der Waals surface area contributed by atoms with Crippen molar-refractivity contribution in [2.75, 3.05) is 0 Å². The van der Waals surface area contributed by atoms with Crippen LogP contribution in [0.25, 0.3) is 10.4 Å². The first-order valence-electron chi connectivity index (χ1n) is 4.86. The highest BCUT2D eigenvalue weighted by Crippen LogP contribution is 2.30. The highest BCUT2D eigenvalue weighted by Gasteiger charge is 2.17. The highest BCUT2D eigenvalue weighted by atomic mass is 32.1. The van der Waals surface area contributed by atoms with Crippen molar-refractivity contribution >= 4 is 17.2 Å². The monoisotopic (exact) mass is 251 g/mol. The second-order valence-electron chi connectivity index (χ2n) is 3.39. The van der Waals surface area contributed by atoms with E-state index in [-0.39, 0.29) is 11.5 Å². The van der Waals surface area contributed by atoms with Crippen LogP contribution in [0.4, 0.5) is 4.39 Å². The lowest BCUT2D eigenvalue weighted by Gasteiger charge is -2.00. The third kappa shape index (κ3) is 2.32. The van der Waals surface area contributed by atoms with Crippen LogP contribution in [0.3, 0.4) is 0 Å². The molecule has 1 heterocycles. The van der Waals surface area contributed by atoms with Crippen molar-refractivity contribution in [3.05, 3.63) is 40.8 Å². The average molecular weight is 251 g/mol. The van der Waals surface area contributed by atoms with E-state index in [1.165, 1.54) is 23.5 Å². The number of nitrogens with one attached hydrogen (secondary N) is 1. The molecule has 2 rings (SSSR count). The van der Waals surface area contributed by atoms with Crippen LogP contribution in [0, 0.1) is 12.7 Å². The summed E-state index contributed by atoms with van der Waals surface area (Å²) in [7, 11) is 0. The summed E-state index contributed by atoms with van der Waals surface area (Å²) in [5.74, 6) is 4.32. The Hall–Kier alpha value is -1.79. The van der Waals surface area contributed by atoms with Gasteiger partial charge in [0.15, 0.2) is 0 Å². The quantitative estimate of drug-likeness (QED) is 0.486. The molecule has 0 saturated heterocycles. The fourth-order valence-electron chi connectivity index (χ4n) is 1.45. The maximum Gasteiger partial charge on any atom is 0.285 e. The van der Waals surface area contributed by atoms with Crippen LogP contribution in [0.2, 0.25) is 0 Å². The number of aromatic nitrogens is 1. The molecule has 0 aliphatic rings. The molecule has 0 spiro atoms. The molecule has 0 aliphatic heterocycles. The molecule has 0 aliphatic carbocycles. The van der Waals surface area contributed by atoms with E-state index in [1.807, 2.05) is 5.43 Å². The van der Waals surface area contributed by atoms with E-state index < -0.39 is 5.91 Å². The maximum atomic E-state index is 12.8. The summed E-state index contributed by atoms with van der Waals surface area (Å²) in [6, 6.07) is 5.90. The molecular weight excluding hydrogens is 241 g/mol. The predicted molar refractivity (Wildman–Crippen MR) is 63.9 cm³/mol. The van der Waals surface area contributed by atoms with Crippen molar-refractivity contribution in [1.82, 2.24) is 10.4 Å². The second-order valence-corrected chi connectivity index (χ2v) is 4.59. The molecule has 0 atom stereocenters. The number of hydrogen-bond acceptors (Lipinski definition) is 4. The van der Waals surface area contributed by atoms with Gasteiger partial charge < -0.3 is 0 Å². The molecule has 1 aromatic carbocycles. The zero-order valence-electron chi connectivity index (χ0n) is 9.03. The number of halogens is 1. The molecule has 2 aromatic rings. The first-order valence-corrected chi connectivity index (χ1v) is 5.68. The molecule has 17 heavy (non-hydrogen) atoms. The molecule has 0 bridgehead atoms. The van der Waals surface area contributed by atoms with Crippen LogP contribution < -0.4 is 11.3 Å². The van der Waals surface area contributed by atoms with Crippen molar-refractivity contribution < 1.29 is 9.18 Å². The molecule has 0 fully saturated rings. The Morgan fingerprint density at radius 2 is 2.06 bits per heavy atom. The van der Waals surface area contributed by atoms with Gasteiger partial charge in [0, 0.05) is 0 Å². The summed E-state index contributed by atoms with van der Waals surface area (Å²) >= 11 is 1.37. The van der Waals surface area contributed by atoms with E-state index in [9.17, 15) is 9.18 Å². The highest BCUT2D eigenvalue weighted by molar-refractivity contribution is 7.15. The summed E-state index contributed by atoms with van der Waals surface area (Å²) in [5, 5.41) is 0.753. The molecule has 3 N–H and O–H groups in total. The summed E-state index contributed by atoms with van der Waals surface area (Å²) in [6.07, 6.45) is 0. The van der Waals surface area contributed by atoms with E-state index in [0.717, 1.165) is 10.6 Å². The van der Waals surface area contributed by atoms with E-state index in [0.29, 0.717) is 4.88 Å². The van der Waals surface area contributed by atoms with Crippen LogP contribution in [-0.4, -0.2) is 10.9 Å². The van der Waals surface area contributed by atoms with Gasteiger partial charge in [0.25, 0.3) is 5.91 Å². The second kappa shape index (κ2) is 4.60. The summed E-state index contributed by atoms with van der Waals surface area (Å²) in [6.45, 7) is 1.80. The minimum atomic E-state index is -0.450. The first-order chi connectivity index (χ1) is 8.11. The predicted octanol–water partition coefficient (Wildman–Crippen LogP) is 1.86. The minimum absolute atomic E-state index is 0.265. The zero-order valence-corrected chi connectivity index (χ0v) is 9.84. The Balaban J connectivity index is 2.51. The Kier molecular flexibility index (Phi) is 3.16. The van der Waals surface area contributed by atoms with Crippen molar-refractivity contribution in [2.24, 2.45) is 5.84 Å². The number of carbonyl (C=O) groups excluding carboxylic acids is 1. The lowest BCUT2D eigenvalue weighted by atomic mass is 10.1. The van der Waals surface area contributed by atoms with Gasteiger partial charge in [-0.3, -0.25) is 10.2 Å². The van der Waals surface area contributed by atoms with E-state index in [2.05, 4.69) is 4.98 Å². The molecule has 1 aromatic heterocycles. The number of aryl methyl sites for hydroxylation is 1. The van der Waals surface area contributed by atoms with Crippen LogP contribution in [0.15, 0.2) is 24.3 Å². The van der Waals surface area contributed by atoms with Crippen molar-refractivity contribution in [1.29, 1.82) is 0 Å². The van der Waals surface area contributed by atoms with Crippen molar-refractivity contribution in [3.8, 4) is 10.4 Å². The molecule has 0 radical (unpaired) electrons. The fraction of sp³-hybridized carbons (Fsp3) is 0.0909. The molecule has 4 nitrogen and oxygen atoms in total. The Labute approximate surface area is 101 Å². The molecular formula is C11H10FN3OS. The zero-order chi connectivity index (χ0) is 12.4. The van der Waals surface area contributed by atoms with Gasteiger partial charge in [-0.25, -0.2) is 15.2 Å². The van der Waals surface area contributed by atoms with Crippen LogP contribution >= 0.6 is 11.3 Å². The Morgan fingerprint density at radius 3 is 2.65 bits per heavy atom. The summed E-state index contributed by atoms with van der Waals surface area (Å²) in [5.41, 5.74) is 3.06. The molecule has 88 valence electrons. The molecule has 1 amide bonds. The van der Waals surface area contributed by atoms with Gasteiger partial charge in [-0.05, 0) is 24.6 Å². The smallest absolute Gasteiger partial charge is 0.285 e. The largest absolute Gasteiger partial charge is 0.289 e. The number of hydrogen-bond donors (Lipinski definition) is 2. The summed E-state index contributed by atoms with van der Waals surface area (Å²) < 4.78 is 12.8. The standard InChI is InChI=1S/C11H10FN3OS/c1-6-14-9(11(16)15-13)10(17-6)7-2-4-8(12)5-3-7/h2-5H,13H2,1H3,(H,15,16). The van der Waals surface area contributed by atoms with Gasteiger partial charge in [-0.2, -0.15) is 0 Å². The number of nitrogens with zero attached hydrogens (tertiary/aromatic N) is 1. The first kappa shape index (κ1) is 11.7. The normalized spacial score (nSPS) is 10.3. The van der Waals surface area contributed by atoms with Crippen molar-refractivity contribution in [2.45, 2.75) is 6.92 Å². The molecule has 0 saturated carbocycles. The molecule has 6 heteroatoms. The van der Waals surface area contributed by atoms with Crippen LogP contribution in [0.5, 0.6) is 0 Å². The number of nitrogen functional groups attached to an aromatic ring is 1. The average Bonchev–Trinajstić information content (AvgIpc) is 2.71. The Morgan fingerprint density at radius 1 is 1.41 bits per heavy atom. The number of carbonyl (C=O) groups is 1. The van der Waals surface area contributed by atoms with Crippen molar-refractivity contribution in [3.63, 3.8) is 0 Å². The van der Waals surface area contributed by atoms with Gasteiger partial charge in [0.1, 0.15) is 11.5 Å². The van der Waals surface area contributed by atoms with Gasteiger partial charge >= 0.3 is 0 Å². The number of thiazole rings is 1. The number of rotatable bonds is 2. The minimum Gasteiger partial charge on any atom is -0.289 e. The van der Waals surface area contributed by atoms with Gasteiger partial charge in [0.05, 0.1) is 9.88 Å². The third-order valence-corrected chi connectivity index (χ3v) is 3.21. The third-order valence-electron chi connectivity index (χ3n) is 2.19. The van der Waals surface area contributed by atoms with E-state index in [1.54, 1.807) is 19.1 Å². The topological polar surface area (TPSA) is 68.0 Å². The lowest BCUT2D eigenvalue weighted by Crippen LogP contribution is -2.30. The Bertz CT molecular complexity index is 550. The SMILES string of the molecule is Cc1nc(C(=O)NN)c(-c2ccc(F)cc2)s1. The maximum absolute atomic E-state index is 12.8. The van der Waals surface area contributed by atoms with Gasteiger partial charge in [-0.1, -0.05) is 12.1 Å². The van der Waals surface area contributed by atoms with E-state index in [4.69, 9.17) is 5.84 Å².